The zero-order valence-corrected chi connectivity index (χ0v) is 14.8. The van der Waals surface area contributed by atoms with Crippen molar-refractivity contribution in [1.29, 1.82) is 0 Å². The number of nitrogens with zero attached hydrogens (tertiary/aromatic N) is 2. The minimum absolute atomic E-state index is 0.0210. The zero-order chi connectivity index (χ0) is 17.8. The summed E-state index contributed by atoms with van der Waals surface area (Å²) in [4.78, 5) is 28.1. The second kappa shape index (κ2) is 7.59. The van der Waals surface area contributed by atoms with Gasteiger partial charge in [-0.1, -0.05) is 18.2 Å². The summed E-state index contributed by atoms with van der Waals surface area (Å²) < 4.78 is 5.37. The van der Waals surface area contributed by atoms with Crippen molar-refractivity contribution in [3.05, 3.63) is 35.9 Å². The summed E-state index contributed by atoms with van der Waals surface area (Å²) in [6.45, 7) is 4.78. The number of carbonyl (C=O) groups is 2. The molecule has 1 N–H and O–H groups in total. The van der Waals surface area contributed by atoms with Gasteiger partial charge >= 0.3 is 6.03 Å². The number of para-hydroxylation sites is 1. The predicted octanol–water partition coefficient (Wildman–Crippen LogP) is 2.11. The van der Waals surface area contributed by atoms with E-state index in [1.54, 1.807) is 13.2 Å². The fourth-order valence-corrected chi connectivity index (χ4v) is 3.56. The van der Waals surface area contributed by atoms with Crippen molar-refractivity contribution in [1.82, 2.24) is 15.1 Å². The SMILES string of the molecule is COc1ccccc1C(C)=CC(=O)N1CCC(N2CCNC2=O)CC1. The third-order valence-electron chi connectivity index (χ3n) is 4.98. The Morgan fingerprint density at radius 3 is 2.60 bits per heavy atom. The van der Waals surface area contributed by atoms with E-state index in [-0.39, 0.29) is 18.0 Å². The number of rotatable bonds is 4. The highest BCUT2D eigenvalue weighted by Gasteiger charge is 2.31. The van der Waals surface area contributed by atoms with E-state index in [9.17, 15) is 9.59 Å². The Morgan fingerprint density at radius 2 is 1.96 bits per heavy atom. The quantitative estimate of drug-likeness (QED) is 0.852. The molecule has 2 fully saturated rings. The second-order valence-corrected chi connectivity index (χ2v) is 6.51. The van der Waals surface area contributed by atoms with E-state index in [0.717, 1.165) is 42.8 Å². The molecule has 2 aliphatic rings. The number of piperidine rings is 1. The van der Waals surface area contributed by atoms with Crippen LogP contribution < -0.4 is 10.1 Å². The van der Waals surface area contributed by atoms with Crippen molar-refractivity contribution in [2.45, 2.75) is 25.8 Å². The molecule has 0 aliphatic carbocycles. The largest absolute Gasteiger partial charge is 0.496 e. The Kier molecular flexibility index (Phi) is 5.26. The lowest BCUT2D eigenvalue weighted by Gasteiger charge is -2.35. The highest BCUT2D eigenvalue weighted by molar-refractivity contribution is 5.95. The molecule has 6 heteroatoms. The number of allylic oxidation sites excluding steroid dienone is 1. The average Bonchev–Trinajstić information content (AvgIpc) is 3.07. The number of ether oxygens (including phenoxy) is 1. The minimum atomic E-state index is 0.0210. The number of urea groups is 1. The molecule has 0 atom stereocenters. The van der Waals surface area contributed by atoms with Crippen LogP contribution in [0.25, 0.3) is 5.57 Å². The van der Waals surface area contributed by atoms with E-state index in [0.29, 0.717) is 13.1 Å². The first-order chi connectivity index (χ1) is 12.1. The third kappa shape index (κ3) is 3.78. The first-order valence-corrected chi connectivity index (χ1v) is 8.75. The monoisotopic (exact) mass is 343 g/mol. The van der Waals surface area contributed by atoms with E-state index in [2.05, 4.69) is 5.32 Å². The van der Waals surface area contributed by atoms with E-state index in [1.165, 1.54) is 0 Å². The van der Waals surface area contributed by atoms with E-state index >= 15 is 0 Å². The molecule has 3 rings (SSSR count). The Hall–Kier alpha value is -2.50. The van der Waals surface area contributed by atoms with Gasteiger partial charge in [-0.3, -0.25) is 4.79 Å². The van der Waals surface area contributed by atoms with Crippen LogP contribution in [0.1, 0.15) is 25.3 Å². The van der Waals surface area contributed by atoms with Crippen LogP contribution in [0.3, 0.4) is 0 Å². The molecule has 0 aromatic heterocycles. The molecule has 2 heterocycles. The molecule has 0 bridgehead atoms. The molecule has 0 radical (unpaired) electrons. The lowest BCUT2D eigenvalue weighted by atomic mass is 10.0. The van der Waals surface area contributed by atoms with Gasteiger partial charge in [-0.05, 0) is 31.4 Å². The molecule has 25 heavy (non-hydrogen) atoms. The van der Waals surface area contributed by atoms with Gasteiger partial charge in [0.1, 0.15) is 5.75 Å². The lowest BCUT2D eigenvalue weighted by Crippen LogP contribution is -2.47. The van der Waals surface area contributed by atoms with Crippen LogP contribution in [-0.4, -0.2) is 61.1 Å². The minimum Gasteiger partial charge on any atom is -0.496 e. The van der Waals surface area contributed by atoms with Gasteiger partial charge in [0.25, 0.3) is 0 Å². The van der Waals surface area contributed by atoms with Crippen LogP contribution >= 0.6 is 0 Å². The summed E-state index contributed by atoms with van der Waals surface area (Å²) in [7, 11) is 1.63. The van der Waals surface area contributed by atoms with Crippen molar-refractivity contribution in [2.75, 3.05) is 33.3 Å². The summed E-state index contributed by atoms with van der Waals surface area (Å²) in [6.07, 6.45) is 3.35. The molecular formula is C19H25N3O3. The van der Waals surface area contributed by atoms with E-state index in [1.807, 2.05) is 41.0 Å². The van der Waals surface area contributed by atoms with Crippen molar-refractivity contribution in [3.63, 3.8) is 0 Å². The van der Waals surface area contributed by atoms with Crippen molar-refractivity contribution in [3.8, 4) is 5.75 Å². The maximum atomic E-state index is 12.6. The molecule has 0 saturated carbocycles. The highest BCUT2D eigenvalue weighted by atomic mass is 16.5. The van der Waals surface area contributed by atoms with Gasteiger partial charge in [0.15, 0.2) is 0 Å². The first kappa shape index (κ1) is 17.3. The molecular weight excluding hydrogens is 318 g/mol. The van der Waals surface area contributed by atoms with Crippen LogP contribution in [0.4, 0.5) is 4.79 Å². The highest BCUT2D eigenvalue weighted by Crippen LogP contribution is 2.26. The summed E-state index contributed by atoms with van der Waals surface area (Å²) in [5.41, 5.74) is 1.82. The number of hydrogen-bond donors (Lipinski definition) is 1. The lowest BCUT2D eigenvalue weighted by molar-refractivity contribution is -0.127. The number of benzene rings is 1. The third-order valence-corrected chi connectivity index (χ3v) is 4.98. The van der Waals surface area contributed by atoms with Gasteiger partial charge in [-0.25, -0.2) is 4.79 Å². The van der Waals surface area contributed by atoms with Crippen molar-refractivity contribution in [2.24, 2.45) is 0 Å². The maximum Gasteiger partial charge on any atom is 0.317 e. The van der Waals surface area contributed by atoms with Gasteiger partial charge in [-0.15, -0.1) is 0 Å². The maximum absolute atomic E-state index is 12.6. The topological polar surface area (TPSA) is 61.9 Å². The first-order valence-electron chi connectivity index (χ1n) is 8.75. The molecule has 1 aromatic rings. The van der Waals surface area contributed by atoms with Gasteiger partial charge < -0.3 is 19.9 Å². The predicted molar refractivity (Wildman–Crippen MR) is 96.4 cm³/mol. The molecule has 2 aliphatic heterocycles. The second-order valence-electron chi connectivity index (χ2n) is 6.51. The van der Waals surface area contributed by atoms with Crippen LogP contribution in [0, 0.1) is 0 Å². The van der Waals surface area contributed by atoms with Crippen molar-refractivity contribution >= 4 is 17.5 Å². The Morgan fingerprint density at radius 1 is 1.24 bits per heavy atom. The summed E-state index contributed by atoms with van der Waals surface area (Å²) in [6, 6.07) is 7.96. The van der Waals surface area contributed by atoms with Gasteiger partial charge in [0.2, 0.25) is 5.91 Å². The number of carbonyl (C=O) groups excluding carboxylic acids is 2. The van der Waals surface area contributed by atoms with Crippen molar-refractivity contribution < 1.29 is 14.3 Å². The standard InChI is InChI=1S/C19H25N3O3/c1-14(16-5-3-4-6-17(16)25-2)13-18(23)21-10-7-15(8-11-21)22-12-9-20-19(22)24/h3-6,13,15H,7-12H2,1-2H3,(H,20,24). The fourth-order valence-electron chi connectivity index (χ4n) is 3.56. The van der Waals surface area contributed by atoms with Crippen LogP contribution in [0.15, 0.2) is 30.3 Å². The van der Waals surface area contributed by atoms with E-state index in [4.69, 9.17) is 4.74 Å². The summed E-state index contributed by atoms with van der Waals surface area (Å²) >= 11 is 0. The van der Waals surface area contributed by atoms with E-state index < -0.39 is 0 Å². The number of nitrogens with one attached hydrogen (secondary N) is 1. The number of methoxy groups -OCH3 is 1. The summed E-state index contributed by atoms with van der Waals surface area (Å²) in [5.74, 6) is 0.788. The average molecular weight is 343 g/mol. The molecule has 2 saturated heterocycles. The van der Waals surface area contributed by atoms with Gasteiger partial charge in [0, 0.05) is 43.9 Å². The fraction of sp³-hybridized carbons (Fsp3) is 0.474. The van der Waals surface area contributed by atoms with Gasteiger partial charge in [-0.2, -0.15) is 0 Å². The molecule has 0 unspecified atom stereocenters. The Bertz CT molecular complexity index is 678. The molecule has 134 valence electrons. The Balaban J connectivity index is 1.61. The van der Waals surface area contributed by atoms with Gasteiger partial charge in [0.05, 0.1) is 7.11 Å². The summed E-state index contributed by atoms with van der Waals surface area (Å²) in [5, 5.41) is 2.84. The molecule has 6 nitrogen and oxygen atoms in total. The van der Waals surface area contributed by atoms with Crippen LogP contribution in [-0.2, 0) is 4.79 Å². The smallest absolute Gasteiger partial charge is 0.317 e. The normalized spacial score (nSPS) is 19.1. The Labute approximate surface area is 148 Å². The van der Waals surface area contributed by atoms with Crippen LogP contribution in [0.5, 0.6) is 5.75 Å². The van der Waals surface area contributed by atoms with Crippen LogP contribution in [0.2, 0.25) is 0 Å². The molecule has 3 amide bonds. The molecule has 1 aromatic carbocycles. The number of likely N-dealkylation sites (tertiary alicyclic amines) is 1. The number of amides is 3. The number of hydrogen-bond acceptors (Lipinski definition) is 3. The molecule has 0 spiro atoms. The zero-order valence-electron chi connectivity index (χ0n) is 14.8.